The van der Waals surface area contributed by atoms with Crippen molar-refractivity contribution in [3.8, 4) is 0 Å². The predicted molar refractivity (Wildman–Crippen MR) is 54.0 cm³/mol. The van der Waals surface area contributed by atoms with E-state index in [0.29, 0.717) is 11.5 Å². The summed E-state index contributed by atoms with van der Waals surface area (Å²) in [6.45, 7) is 1.83. The molecule has 3 aromatic rings. The van der Waals surface area contributed by atoms with Crippen molar-refractivity contribution < 1.29 is 4.42 Å². The van der Waals surface area contributed by atoms with Crippen LogP contribution in [0.5, 0.6) is 0 Å². The lowest BCUT2D eigenvalue weighted by Crippen LogP contribution is -1.79. The van der Waals surface area contributed by atoms with Crippen molar-refractivity contribution in [2.75, 3.05) is 0 Å². The van der Waals surface area contributed by atoms with Crippen molar-refractivity contribution in [2.24, 2.45) is 0 Å². The van der Waals surface area contributed by atoms with E-state index in [9.17, 15) is 0 Å². The van der Waals surface area contributed by atoms with Gasteiger partial charge < -0.3 is 4.42 Å². The first kappa shape index (κ1) is 7.50. The minimum atomic E-state index is 0.655. The average Bonchev–Trinajstić information content (AvgIpc) is 2.53. The van der Waals surface area contributed by atoms with Crippen LogP contribution in [0.1, 0.15) is 5.89 Å². The van der Waals surface area contributed by atoms with Crippen LogP contribution < -0.4 is 0 Å². The number of aromatic nitrogens is 2. The van der Waals surface area contributed by atoms with Crippen LogP contribution in [0.4, 0.5) is 0 Å². The summed E-state index contributed by atoms with van der Waals surface area (Å²) in [5.41, 5.74) is 2.38. The van der Waals surface area contributed by atoms with Gasteiger partial charge >= 0.3 is 0 Å². The Hall–Kier alpha value is -1.90. The molecule has 3 heteroatoms. The number of nitrogens with zero attached hydrogens (tertiary/aromatic N) is 2. The van der Waals surface area contributed by atoms with Gasteiger partial charge in [0.15, 0.2) is 17.1 Å². The molecule has 3 nitrogen and oxygen atoms in total. The molecule has 0 saturated carbocycles. The summed E-state index contributed by atoms with van der Waals surface area (Å²) >= 11 is 0. The van der Waals surface area contributed by atoms with E-state index < -0.39 is 0 Å². The van der Waals surface area contributed by atoms with Crippen LogP contribution in [0, 0.1) is 6.92 Å². The van der Waals surface area contributed by atoms with Crippen molar-refractivity contribution in [3.05, 3.63) is 36.2 Å². The molecule has 0 saturated heterocycles. The topological polar surface area (TPSA) is 38.9 Å². The monoisotopic (exact) mass is 184 g/mol. The first-order valence-electron chi connectivity index (χ1n) is 4.46. The van der Waals surface area contributed by atoms with E-state index in [1.165, 1.54) is 0 Å². The molecule has 0 aliphatic carbocycles. The normalized spacial score (nSPS) is 11.2. The number of rotatable bonds is 0. The summed E-state index contributed by atoms with van der Waals surface area (Å²) < 4.78 is 5.40. The zero-order valence-corrected chi connectivity index (χ0v) is 7.69. The van der Waals surface area contributed by atoms with Crippen molar-refractivity contribution in [1.82, 2.24) is 9.97 Å². The van der Waals surface area contributed by atoms with Crippen LogP contribution in [-0.4, -0.2) is 9.97 Å². The maximum atomic E-state index is 5.40. The minimum Gasteiger partial charge on any atom is -0.439 e. The molecule has 0 aliphatic heterocycles. The van der Waals surface area contributed by atoms with Crippen molar-refractivity contribution in [3.63, 3.8) is 0 Å². The van der Waals surface area contributed by atoms with Gasteiger partial charge in [-0.15, -0.1) is 0 Å². The van der Waals surface area contributed by atoms with Crippen LogP contribution in [0.25, 0.3) is 22.1 Å². The lowest BCUT2D eigenvalue weighted by molar-refractivity contribution is 0.561. The molecular formula is C11H8N2O. The van der Waals surface area contributed by atoms with Crippen LogP contribution in [0.2, 0.25) is 0 Å². The van der Waals surface area contributed by atoms with E-state index >= 15 is 0 Å². The molecular weight excluding hydrogens is 176 g/mol. The van der Waals surface area contributed by atoms with Gasteiger partial charge in [0.1, 0.15) is 0 Å². The summed E-state index contributed by atoms with van der Waals surface area (Å²) in [7, 11) is 0. The molecule has 68 valence electrons. The second-order valence-corrected chi connectivity index (χ2v) is 3.24. The van der Waals surface area contributed by atoms with Gasteiger partial charge in [-0.2, -0.15) is 4.98 Å². The first-order valence-corrected chi connectivity index (χ1v) is 4.46. The highest BCUT2D eigenvalue weighted by molar-refractivity contribution is 5.88. The fourth-order valence-electron chi connectivity index (χ4n) is 1.57. The maximum Gasteiger partial charge on any atom is 0.199 e. The molecule has 14 heavy (non-hydrogen) atoms. The van der Waals surface area contributed by atoms with Gasteiger partial charge in [-0.25, -0.2) is 4.98 Å². The van der Waals surface area contributed by atoms with Gasteiger partial charge in [0.2, 0.25) is 0 Å². The zero-order valence-electron chi connectivity index (χ0n) is 7.69. The van der Waals surface area contributed by atoms with E-state index in [1.807, 2.05) is 37.3 Å². The van der Waals surface area contributed by atoms with E-state index in [4.69, 9.17) is 4.42 Å². The highest BCUT2D eigenvalue weighted by Crippen LogP contribution is 2.19. The Morgan fingerprint density at radius 3 is 2.93 bits per heavy atom. The fourth-order valence-corrected chi connectivity index (χ4v) is 1.57. The maximum absolute atomic E-state index is 5.40. The number of fused-ring (bicyclic) bond motifs is 2. The van der Waals surface area contributed by atoms with Crippen LogP contribution in [-0.2, 0) is 0 Å². The summed E-state index contributed by atoms with van der Waals surface area (Å²) in [5.74, 6) is 0.655. The second kappa shape index (κ2) is 2.54. The largest absolute Gasteiger partial charge is 0.439 e. The lowest BCUT2D eigenvalue weighted by atomic mass is 10.2. The molecule has 0 fully saturated rings. The second-order valence-electron chi connectivity index (χ2n) is 3.24. The SMILES string of the molecule is Cc1nc2nc3ccccc3cc2o1. The molecule has 0 N–H and O–H groups in total. The third-order valence-electron chi connectivity index (χ3n) is 2.19. The number of benzene rings is 1. The predicted octanol–water partition coefficient (Wildman–Crippen LogP) is 2.68. The molecule has 0 aliphatic rings. The molecule has 2 heterocycles. The number of pyridine rings is 1. The highest BCUT2D eigenvalue weighted by Gasteiger charge is 2.04. The Morgan fingerprint density at radius 1 is 1.14 bits per heavy atom. The molecule has 0 bridgehead atoms. The van der Waals surface area contributed by atoms with Gasteiger partial charge in [-0.3, -0.25) is 0 Å². The fraction of sp³-hybridized carbons (Fsp3) is 0.0909. The van der Waals surface area contributed by atoms with Gasteiger partial charge in [-0.05, 0) is 12.1 Å². The van der Waals surface area contributed by atoms with Gasteiger partial charge in [-0.1, -0.05) is 18.2 Å². The third kappa shape index (κ3) is 0.988. The van der Waals surface area contributed by atoms with Crippen LogP contribution >= 0.6 is 0 Å². The van der Waals surface area contributed by atoms with Crippen LogP contribution in [0.3, 0.4) is 0 Å². The summed E-state index contributed by atoms with van der Waals surface area (Å²) in [6.07, 6.45) is 0. The minimum absolute atomic E-state index is 0.655. The Bertz CT molecular complexity index is 560. The molecule has 3 rings (SSSR count). The summed E-state index contributed by atoms with van der Waals surface area (Å²) in [5, 5.41) is 1.08. The molecule has 2 aromatic heterocycles. The standard InChI is InChI=1S/C11H8N2O/c1-7-12-11-10(14-7)6-8-4-2-3-5-9(8)13-11/h2-6H,1H3. The number of hydrogen-bond donors (Lipinski definition) is 0. The first-order chi connectivity index (χ1) is 6.83. The Morgan fingerprint density at radius 2 is 2.00 bits per heavy atom. The molecule has 0 radical (unpaired) electrons. The zero-order chi connectivity index (χ0) is 9.54. The summed E-state index contributed by atoms with van der Waals surface area (Å²) in [4.78, 5) is 8.58. The number of aryl methyl sites for hydroxylation is 1. The van der Waals surface area contributed by atoms with Crippen LogP contribution in [0.15, 0.2) is 34.7 Å². The molecule has 0 amide bonds. The van der Waals surface area contributed by atoms with Crippen molar-refractivity contribution in [2.45, 2.75) is 6.92 Å². The van der Waals surface area contributed by atoms with Gasteiger partial charge in [0.25, 0.3) is 0 Å². The number of para-hydroxylation sites is 1. The Kier molecular flexibility index (Phi) is 1.36. The van der Waals surface area contributed by atoms with E-state index in [2.05, 4.69) is 9.97 Å². The molecule has 0 atom stereocenters. The van der Waals surface area contributed by atoms with Crippen molar-refractivity contribution in [1.29, 1.82) is 0 Å². The molecule has 1 aromatic carbocycles. The smallest absolute Gasteiger partial charge is 0.199 e. The lowest BCUT2D eigenvalue weighted by Gasteiger charge is -1.93. The summed E-state index contributed by atoms with van der Waals surface area (Å²) in [6, 6.07) is 9.91. The average molecular weight is 184 g/mol. The van der Waals surface area contributed by atoms with Gasteiger partial charge in [0, 0.05) is 12.3 Å². The van der Waals surface area contributed by atoms with E-state index in [-0.39, 0.29) is 0 Å². The third-order valence-corrected chi connectivity index (χ3v) is 2.19. The van der Waals surface area contributed by atoms with Gasteiger partial charge in [0.05, 0.1) is 5.52 Å². The Labute approximate surface area is 80.4 Å². The van der Waals surface area contributed by atoms with E-state index in [0.717, 1.165) is 16.5 Å². The number of oxazole rings is 1. The highest BCUT2D eigenvalue weighted by atomic mass is 16.3. The van der Waals surface area contributed by atoms with Crippen molar-refractivity contribution >= 4 is 22.1 Å². The Balaban J connectivity index is 2.51. The molecule has 0 unspecified atom stereocenters. The number of hydrogen-bond acceptors (Lipinski definition) is 3. The quantitative estimate of drug-likeness (QED) is 0.539. The van der Waals surface area contributed by atoms with E-state index in [1.54, 1.807) is 0 Å². The molecule has 0 spiro atoms.